The van der Waals surface area contributed by atoms with Gasteiger partial charge in [0, 0.05) is 176 Å². The SMILES string of the molecule is CC(C)Cc1cc(-c2ccccc2)cc(CC(C)C)c1-n1ccnc1-c1[c-]cc(F)cc1.CC(C)c1cc(-c2ccccc2)cc(C(C)C)c1-n1ccnc1-c1[c-]cc(F)cc1.Fc1c[c-]c(-c2nccn2-c2c(C3CCCC3)cc(-c3ccccc3)cc2C2CCCC2)cc1.Fc1c[c-]c(-c2nccn2-c2c(C3CCCCC3)cc(-c3ccccc3)cc2C2CCCCC2)cc1.[Ir].[Ir].[Ir].[Ir]. The summed E-state index contributed by atoms with van der Waals surface area (Å²) >= 11 is 0. The molecule has 4 radical (unpaired) electrons. The molecule has 4 aliphatic carbocycles. The second-order valence-corrected chi connectivity index (χ2v) is 37.9. The van der Waals surface area contributed by atoms with Crippen LogP contribution in [0.3, 0.4) is 0 Å². The Morgan fingerprint density at radius 2 is 0.507 bits per heavy atom. The van der Waals surface area contributed by atoms with E-state index in [1.54, 1.807) is 30.5 Å². The van der Waals surface area contributed by atoms with Crippen LogP contribution < -0.4 is 0 Å². The summed E-state index contributed by atoms with van der Waals surface area (Å²) in [5, 5.41) is 0. The molecule has 136 heavy (non-hydrogen) atoms. The predicted octanol–water partition coefficient (Wildman–Crippen LogP) is 32.6. The zero-order chi connectivity index (χ0) is 91.1. The van der Waals surface area contributed by atoms with Gasteiger partial charge in [0.2, 0.25) is 0 Å². The van der Waals surface area contributed by atoms with E-state index in [1.165, 1.54) is 270 Å². The number of benzene rings is 12. The third-order valence-electron chi connectivity index (χ3n) is 27.0. The van der Waals surface area contributed by atoms with Crippen LogP contribution in [-0.2, 0) is 93.3 Å². The summed E-state index contributed by atoms with van der Waals surface area (Å²) in [7, 11) is 0. The molecule has 0 spiro atoms. The van der Waals surface area contributed by atoms with Crippen molar-refractivity contribution in [1.82, 2.24) is 38.2 Å². The minimum absolute atomic E-state index is 0. The van der Waals surface area contributed by atoms with Crippen LogP contribution in [0.1, 0.15) is 251 Å². The molecular weight excluding hydrogens is 2400 g/mol. The molecule has 12 aromatic carbocycles. The average Bonchev–Trinajstić information content (AvgIpc) is 1.65. The maximum absolute atomic E-state index is 13.7. The van der Waals surface area contributed by atoms with Gasteiger partial charge < -0.3 is 18.3 Å². The molecule has 8 nitrogen and oxygen atoms in total. The molecule has 4 saturated carbocycles. The summed E-state index contributed by atoms with van der Waals surface area (Å²) in [6, 6.07) is 92.6. The first-order valence-electron chi connectivity index (χ1n) is 48.2. The molecule has 4 heterocycles. The van der Waals surface area contributed by atoms with Crippen LogP contribution in [-0.4, -0.2) is 38.2 Å². The summed E-state index contributed by atoms with van der Waals surface area (Å²) < 4.78 is 63.1. The standard InChI is InChI=1S/C33H34FN2.C31H30FN2.C29H30FN2.C27H26FN2.4Ir/c34-29-18-16-27(17-19-29)33-35-20-21-36(33)32-30(25-12-6-2-7-13-25)22-28(24-10-4-1-5-11-24)23-31(32)26-14-8-3-9-15-26;32-27-16-14-25(15-17-27)31-33-18-19-34(31)30-28(23-10-4-5-11-23)20-26(22-8-2-1-3-9-22)21-29(30)24-12-6-7-13-24;1-20(2)16-25-18-24(22-8-6-5-7-9-22)19-26(17-21(3)4)28(25)32-15-14-31-29(32)23-10-12-27(30)13-11-23;1-18(2)24-16-22(20-8-6-5-7-9-20)17-25(19(3)4)26(24)30-15-14-29-27(30)21-10-12-23(28)13-11-21;;;;/h1,4-5,10-11,16,18-23,25-26H,2-3,6-9,12-15H2;1-3,8-9,14,16-21,23-24H,4-7,10-13H2;5-10,12-15,18-21H,16-17H2,1-4H3;5-10,12-19H,1-4H3;;;;/q4*-1;;;;. The van der Waals surface area contributed by atoms with Crippen LogP contribution in [0.2, 0.25) is 0 Å². The summed E-state index contributed by atoms with van der Waals surface area (Å²) in [6.45, 7) is 17.9. The number of hydrogen-bond acceptors (Lipinski definition) is 4. The molecule has 0 saturated heterocycles. The molecule has 16 aromatic rings. The normalized spacial score (nSPS) is 14.1. The van der Waals surface area contributed by atoms with Gasteiger partial charge in [-0.25, -0.2) is 0 Å². The van der Waals surface area contributed by atoms with Crippen molar-refractivity contribution < 1.29 is 98.0 Å². The number of imidazole rings is 4. The molecule has 0 aliphatic heterocycles. The maximum atomic E-state index is 13.7. The zero-order valence-electron chi connectivity index (χ0n) is 78.9. The topological polar surface area (TPSA) is 71.3 Å². The summed E-state index contributed by atoms with van der Waals surface area (Å²) in [5.41, 5.74) is 29.3. The summed E-state index contributed by atoms with van der Waals surface area (Å²) in [4.78, 5) is 18.7. The number of hydrogen-bond donors (Lipinski definition) is 0. The number of aromatic nitrogens is 8. The molecular formula is C120H120F4Ir4N8-4. The van der Waals surface area contributed by atoms with Crippen molar-refractivity contribution in [2.75, 3.05) is 0 Å². The third kappa shape index (κ3) is 24.5. The molecule has 0 atom stereocenters. The molecule has 20 rings (SSSR count). The molecule has 4 fully saturated rings. The molecule has 0 unspecified atom stereocenters. The van der Waals surface area contributed by atoms with E-state index in [0.29, 0.717) is 47.3 Å². The molecule has 708 valence electrons. The van der Waals surface area contributed by atoms with Crippen LogP contribution in [0, 0.1) is 59.4 Å². The second-order valence-electron chi connectivity index (χ2n) is 37.9. The first-order chi connectivity index (χ1) is 64.4. The molecule has 4 aromatic heterocycles. The van der Waals surface area contributed by atoms with Crippen LogP contribution in [0.15, 0.2) is 292 Å². The second kappa shape index (κ2) is 48.9. The largest absolute Gasteiger partial charge is 0.340 e. The fourth-order valence-electron chi connectivity index (χ4n) is 20.7. The van der Waals surface area contributed by atoms with Gasteiger partial charge in [0.15, 0.2) is 0 Å². The molecule has 16 heteroatoms. The van der Waals surface area contributed by atoms with Gasteiger partial charge >= 0.3 is 0 Å². The summed E-state index contributed by atoms with van der Waals surface area (Å²) in [5.74, 6) is 6.00. The molecule has 0 amide bonds. The Bertz CT molecular complexity index is 6330. The third-order valence-corrected chi connectivity index (χ3v) is 27.0. The van der Waals surface area contributed by atoms with Gasteiger partial charge in [-0.1, -0.05) is 241 Å². The van der Waals surface area contributed by atoms with Gasteiger partial charge in [-0.05, 0) is 249 Å². The van der Waals surface area contributed by atoms with Gasteiger partial charge in [-0.15, -0.1) is 119 Å². The van der Waals surface area contributed by atoms with E-state index in [2.05, 4.69) is 284 Å². The minimum atomic E-state index is -0.296. The first-order valence-corrected chi connectivity index (χ1v) is 48.2. The minimum Gasteiger partial charge on any atom is -0.340 e. The Morgan fingerprint density at radius 1 is 0.272 bits per heavy atom. The monoisotopic (exact) mass is 2520 g/mol. The first kappa shape index (κ1) is 103. The van der Waals surface area contributed by atoms with Gasteiger partial charge in [0.05, 0.1) is 23.3 Å². The van der Waals surface area contributed by atoms with Crippen molar-refractivity contribution in [3.05, 3.63) is 384 Å². The zero-order valence-corrected chi connectivity index (χ0v) is 88.5. The number of nitrogens with zero attached hydrogens (tertiary/aromatic N) is 8. The van der Waals surface area contributed by atoms with E-state index in [4.69, 9.17) is 9.97 Å². The van der Waals surface area contributed by atoms with E-state index >= 15 is 0 Å². The van der Waals surface area contributed by atoms with E-state index in [9.17, 15) is 17.6 Å². The van der Waals surface area contributed by atoms with Crippen molar-refractivity contribution in [1.29, 1.82) is 0 Å². The Balaban J connectivity index is 0.000000152. The van der Waals surface area contributed by atoms with Crippen molar-refractivity contribution in [3.63, 3.8) is 0 Å². The molecule has 4 aliphatic rings. The van der Waals surface area contributed by atoms with Gasteiger partial charge in [-0.2, -0.15) is 0 Å². The van der Waals surface area contributed by atoms with Crippen LogP contribution in [0.4, 0.5) is 17.6 Å². The van der Waals surface area contributed by atoms with Gasteiger partial charge in [0.25, 0.3) is 0 Å². The fourth-order valence-corrected chi connectivity index (χ4v) is 20.7. The van der Waals surface area contributed by atoms with Crippen molar-refractivity contribution >= 4 is 0 Å². The van der Waals surface area contributed by atoms with Crippen molar-refractivity contribution in [3.8, 4) is 113 Å². The molecule has 0 N–H and O–H groups in total. The van der Waals surface area contributed by atoms with E-state index < -0.39 is 0 Å². The van der Waals surface area contributed by atoms with Crippen LogP contribution in [0.25, 0.3) is 113 Å². The predicted molar refractivity (Wildman–Crippen MR) is 532 cm³/mol. The number of rotatable bonds is 22. The summed E-state index contributed by atoms with van der Waals surface area (Å²) in [6.07, 6.45) is 40.4. The quantitative estimate of drug-likeness (QED) is 0.0501. The Kier molecular flexibility index (Phi) is 37.1. The van der Waals surface area contributed by atoms with E-state index in [0.717, 1.165) is 64.1 Å². The molecule has 0 bridgehead atoms. The van der Waals surface area contributed by atoms with Gasteiger partial charge in [0.1, 0.15) is 0 Å². The van der Waals surface area contributed by atoms with Gasteiger partial charge in [-0.3, -0.25) is 37.5 Å². The fraction of sp³-hybridized carbons (Fsp3) is 0.300. The Morgan fingerprint density at radius 3 is 0.750 bits per heavy atom. The Hall–Kier alpha value is -10.2. The van der Waals surface area contributed by atoms with Crippen molar-refractivity contribution in [2.45, 2.75) is 219 Å². The maximum Gasteiger partial charge on any atom is 0.0602 e. The van der Waals surface area contributed by atoms with Crippen molar-refractivity contribution in [2.24, 2.45) is 11.8 Å². The van der Waals surface area contributed by atoms with E-state index in [1.807, 2.05) is 37.1 Å². The van der Waals surface area contributed by atoms with Crippen LogP contribution in [0.5, 0.6) is 0 Å². The van der Waals surface area contributed by atoms with Crippen LogP contribution >= 0.6 is 0 Å². The smallest absolute Gasteiger partial charge is 0.0602 e. The number of halogens is 4. The average molecular weight is 2520 g/mol. The van der Waals surface area contributed by atoms with E-state index in [-0.39, 0.29) is 104 Å². The Labute approximate surface area is 857 Å².